The van der Waals surface area contributed by atoms with Crippen LogP contribution in [0.3, 0.4) is 0 Å². The number of nitrogens with zero attached hydrogens (tertiary/aromatic N) is 2. The Morgan fingerprint density at radius 1 is 0.944 bits per heavy atom. The Balaban J connectivity index is 2.50. The number of halogens is 1. The second-order valence-corrected chi connectivity index (χ2v) is 4.25. The molecule has 0 aliphatic rings. The highest BCUT2D eigenvalue weighted by molar-refractivity contribution is 6.30. The lowest BCUT2D eigenvalue weighted by Crippen LogP contribution is -2.00. The van der Waals surface area contributed by atoms with Gasteiger partial charge in [0.2, 0.25) is 0 Å². The predicted molar refractivity (Wildman–Crippen MR) is 70.1 cm³/mol. The number of nitriles is 2. The lowest BCUT2D eigenvalue weighted by molar-refractivity contribution is 1.03. The van der Waals surface area contributed by atoms with Crippen molar-refractivity contribution in [3.05, 3.63) is 70.2 Å². The van der Waals surface area contributed by atoms with Crippen molar-refractivity contribution in [3.63, 3.8) is 0 Å². The lowest BCUT2D eigenvalue weighted by atomic mass is 9.90. The third-order valence-electron chi connectivity index (χ3n) is 2.72. The molecule has 0 aliphatic heterocycles. The Labute approximate surface area is 111 Å². The maximum Gasteiger partial charge on any atom is 0.0995 e. The van der Waals surface area contributed by atoms with E-state index >= 15 is 0 Å². The number of rotatable bonds is 2. The number of benzene rings is 2. The van der Waals surface area contributed by atoms with Crippen LogP contribution < -0.4 is 0 Å². The Kier molecular flexibility index (Phi) is 3.63. The van der Waals surface area contributed by atoms with Crippen LogP contribution in [-0.4, -0.2) is 0 Å². The van der Waals surface area contributed by atoms with Gasteiger partial charge in [-0.1, -0.05) is 41.9 Å². The van der Waals surface area contributed by atoms with Crippen molar-refractivity contribution in [1.82, 2.24) is 0 Å². The van der Waals surface area contributed by atoms with Gasteiger partial charge in [0.05, 0.1) is 23.6 Å². The Morgan fingerprint density at radius 2 is 1.61 bits per heavy atom. The summed E-state index contributed by atoms with van der Waals surface area (Å²) in [5, 5.41) is 19.0. The molecule has 0 unspecified atom stereocenters. The molecule has 0 spiro atoms. The molecule has 0 saturated heterocycles. The summed E-state index contributed by atoms with van der Waals surface area (Å²) in [4.78, 5) is 0. The van der Waals surface area contributed by atoms with Gasteiger partial charge in [0.25, 0.3) is 0 Å². The van der Waals surface area contributed by atoms with Crippen molar-refractivity contribution < 1.29 is 0 Å². The van der Waals surface area contributed by atoms with Crippen LogP contribution in [0.5, 0.6) is 0 Å². The zero-order chi connectivity index (χ0) is 13.0. The van der Waals surface area contributed by atoms with Crippen molar-refractivity contribution in [2.45, 2.75) is 5.92 Å². The second-order valence-electron chi connectivity index (χ2n) is 3.81. The first-order valence-electron chi connectivity index (χ1n) is 5.40. The standard InChI is InChI=1S/C15H9ClN2/c16-13-7-5-11(6-8-13)15(10-18)14-4-2-1-3-12(14)9-17/h1-8,15H/t15-/m0/s1. The minimum absolute atomic E-state index is 0.446. The third-order valence-corrected chi connectivity index (χ3v) is 2.98. The maximum atomic E-state index is 9.33. The van der Waals surface area contributed by atoms with Crippen LogP contribution in [0.2, 0.25) is 5.02 Å². The summed E-state index contributed by atoms with van der Waals surface area (Å²) in [6.45, 7) is 0. The van der Waals surface area contributed by atoms with Gasteiger partial charge in [-0.3, -0.25) is 0 Å². The summed E-state index contributed by atoms with van der Waals surface area (Å²) in [7, 11) is 0. The molecular weight excluding hydrogens is 244 g/mol. The van der Waals surface area contributed by atoms with E-state index in [1.807, 2.05) is 18.2 Å². The van der Waals surface area contributed by atoms with Gasteiger partial charge in [0.15, 0.2) is 0 Å². The van der Waals surface area contributed by atoms with E-state index in [4.69, 9.17) is 16.9 Å². The molecule has 18 heavy (non-hydrogen) atoms. The summed E-state index contributed by atoms with van der Waals surface area (Å²) in [5.74, 6) is -0.446. The molecule has 0 saturated carbocycles. The van der Waals surface area contributed by atoms with Crippen LogP contribution in [-0.2, 0) is 0 Å². The van der Waals surface area contributed by atoms with Gasteiger partial charge in [0, 0.05) is 5.02 Å². The molecule has 1 atom stereocenters. The molecule has 2 aromatic rings. The summed E-state index contributed by atoms with van der Waals surface area (Å²) in [6.07, 6.45) is 0. The summed E-state index contributed by atoms with van der Waals surface area (Å²) < 4.78 is 0. The first-order chi connectivity index (χ1) is 8.76. The van der Waals surface area contributed by atoms with Gasteiger partial charge in [0.1, 0.15) is 0 Å². The van der Waals surface area contributed by atoms with Crippen LogP contribution in [0.25, 0.3) is 0 Å². The molecule has 0 fully saturated rings. The molecule has 2 aromatic carbocycles. The average molecular weight is 253 g/mol. The van der Waals surface area contributed by atoms with E-state index in [0.29, 0.717) is 10.6 Å². The van der Waals surface area contributed by atoms with Crippen LogP contribution in [0.15, 0.2) is 48.5 Å². The quantitative estimate of drug-likeness (QED) is 0.815. The van der Waals surface area contributed by atoms with E-state index < -0.39 is 5.92 Å². The summed E-state index contributed by atoms with van der Waals surface area (Å²) in [6, 6.07) is 18.6. The highest BCUT2D eigenvalue weighted by Crippen LogP contribution is 2.27. The minimum atomic E-state index is -0.446. The fourth-order valence-electron chi connectivity index (χ4n) is 1.83. The SMILES string of the molecule is N#Cc1ccccc1[C@@H](C#N)c1ccc(Cl)cc1. The number of hydrogen-bond acceptors (Lipinski definition) is 2. The largest absolute Gasteiger partial charge is 0.197 e. The first-order valence-corrected chi connectivity index (χ1v) is 5.78. The fraction of sp³-hybridized carbons (Fsp3) is 0.0667. The van der Waals surface area contributed by atoms with E-state index in [2.05, 4.69) is 12.1 Å². The van der Waals surface area contributed by atoms with Crippen LogP contribution in [0.4, 0.5) is 0 Å². The Morgan fingerprint density at radius 3 is 2.22 bits per heavy atom. The normalized spacial score (nSPS) is 11.3. The summed E-state index contributed by atoms with van der Waals surface area (Å²) >= 11 is 5.83. The van der Waals surface area contributed by atoms with Gasteiger partial charge < -0.3 is 0 Å². The molecule has 86 valence electrons. The number of hydrogen-bond donors (Lipinski definition) is 0. The molecule has 3 heteroatoms. The van der Waals surface area contributed by atoms with Gasteiger partial charge in [-0.15, -0.1) is 0 Å². The molecule has 0 radical (unpaired) electrons. The smallest absolute Gasteiger partial charge is 0.0995 e. The molecular formula is C15H9ClN2. The third kappa shape index (κ3) is 2.35. The van der Waals surface area contributed by atoms with E-state index in [1.165, 1.54) is 0 Å². The van der Waals surface area contributed by atoms with E-state index in [0.717, 1.165) is 11.1 Å². The van der Waals surface area contributed by atoms with Crippen molar-refractivity contribution >= 4 is 11.6 Å². The van der Waals surface area contributed by atoms with Crippen molar-refractivity contribution in [2.75, 3.05) is 0 Å². The monoisotopic (exact) mass is 252 g/mol. The molecule has 0 amide bonds. The van der Waals surface area contributed by atoms with Crippen LogP contribution in [0.1, 0.15) is 22.6 Å². The average Bonchev–Trinajstić information content (AvgIpc) is 2.42. The fourth-order valence-corrected chi connectivity index (χ4v) is 1.96. The van der Waals surface area contributed by atoms with E-state index in [9.17, 15) is 5.26 Å². The van der Waals surface area contributed by atoms with Gasteiger partial charge in [-0.05, 0) is 29.3 Å². The second kappa shape index (κ2) is 5.36. The molecule has 0 N–H and O–H groups in total. The zero-order valence-corrected chi connectivity index (χ0v) is 10.2. The van der Waals surface area contributed by atoms with E-state index in [-0.39, 0.29) is 0 Å². The van der Waals surface area contributed by atoms with Crippen molar-refractivity contribution in [3.8, 4) is 12.1 Å². The van der Waals surface area contributed by atoms with Crippen molar-refractivity contribution in [1.29, 1.82) is 10.5 Å². The maximum absolute atomic E-state index is 9.33. The highest BCUT2D eigenvalue weighted by Gasteiger charge is 2.16. The highest BCUT2D eigenvalue weighted by atomic mass is 35.5. The molecule has 2 rings (SSSR count). The molecule has 0 heterocycles. The van der Waals surface area contributed by atoms with Gasteiger partial charge in [-0.2, -0.15) is 10.5 Å². The molecule has 0 bridgehead atoms. The van der Waals surface area contributed by atoms with Gasteiger partial charge >= 0.3 is 0 Å². The summed E-state index contributed by atoms with van der Waals surface area (Å²) in [5.41, 5.74) is 2.09. The van der Waals surface area contributed by atoms with Crippen LogP contribution in [0, 0.1) is 22.7 Å². The predicted octanol–water partition coefficient (Wildman–Crippen LogP) is 3.87. The van der Waals surface area contributed by atoms with Gasteiger partial charge in [-0.25, -0.2) is 0 Å². The van der Waals surface area contributed by atoms with Crippen molar-refractivity contribution in [2.24, 2.45) is 0 Å². The Bertz CT molecular complexity index is 633. The lowest BCUT2D eigenvalue weighted by Gasteiger charge is -2.11. The Hall–Kier alpha value is -2.29. The zero-order valence-electron chi connectivity index (χ0n) is 9.47. The molecule has 0 aromatic heterocycles. The first kappa shape index (κ1) is 12.2. The van der Waals surface area contributed by atoms with Crippen LogP contribution >= 0.6 is 11.6 Å². The minimum Gasteiger partial charge on any atom is -0.197 e. The molecule has 0 aliphatic carbocycles. The van der Waals surface area contributed by atoms with E-state index in [1.54, 1.807) is 30.3 Å². The molecule has 2 nitrogen and oxygen atoms in total. The topological polar surface area (TPSA) is 47.6 Å².